The summed E-state index contributed by atoms with van der Waals surface area (Å²) in [6.45, 7) is 1.53. The average Bonchev–Trinajstić information content (AvgIpc) is 1.96. The van der Waals surface area contributed by atoms with Crippen molar-refractivity contribution in [1.82, 2.24) is 0 Å². The summed E-state index contributed by atoms with van der Waals surface area (Å²) in [5.41, 5.74) is 0.395. The van der Waals surface area contributed by atoms with Crippen molar-refractivity contribution in [2.45, 2.75) is 13.0 Å². The lowest BCUT2D eigenvalue weighted by Gasteiger charge is -2.08. The highest BCUT2D eigenvalue weighted by atomic mass is 35.5. The van der Waals surface area contributed by atoms with E-state index < -0.39 is 6.10 Å². The Morgan fingerprint density at radius 2 is 1.75 bits per heavy atom. The molecule has 0 bridgehead atoms. The van der Waals surface area contributed by atoms with Gasteiger partial charge in [-0.15, -0.1) is 0 Å². The third-order valence-corrected chi connectivity index (χ3v) is 1.87. The number of phenolic OH excluding ortho intramolecular Hbond substituents is 2. The van der Waals surface area contributed by atoms with Gasteiger partial charge < -0.3 is 15.3 Å². The molecule has 0 radical (unpaired) electrons. The second-order valence-electron chi connectivity index (χ2n) is 2.54. The van der Waals surface area contributed by atoms with Gasteiger partial charge in [-0.1, -0.05) is 11.6 Å². The Hall–Kier alpha value is -0.930. The van der Waals surface area contributed by atoms with Crippen LogP contribution in [0.1, 0.15) is 18.6 Å². The second kappa shape index (κ2) is 3.21. The zero-order valence-corrected chi connectivity index (χ0v) is 7.21. The Labute approximate surface area is 74.8 Å². The fraction of sp³-hybridized carbons (Fsp3) is 0.250. The molecule has 3 nitrogen and oxygen atoms in total. The number of aliphatic hydroxyl groups excluding tert-OH is 1. The van der Waals surface area contributed by atoms with Crippen LogP contribution >= 0.6 is 11.6 Å². The van der Waals surface area contributed by atoms with E-state index in [2.05, 4.69) is 0 Å². The van der Waals surface area contributed by atoms with E-state index in [4.69, 9.17) is 26.9 Å². The molecule has 0 saturated carbocycles. The van der Waals surface area contributed by atoms with Crippen LogP contribution in [0.5, 0.6) is 11.5 Å². The van der Waals surface area contributed by atoms with E-state index >= 15 is 0 Å². The van der Waals surface area contributed by atoms with Gasteiger partial charge in [-0.3, -0.25) is 0 Å². The molecule has 0 aliphatic carbocycles. The molecule has 1 aromatic carbocycles. The molecule has 0 aliphatic rings. The molecule has 1 aromatic rings. The van der Waals surface area contributed by atoms with Gasteiger partial charge in [0.1, 0.15) is 0 Å². The fourth-order valence-electron chi connectivity index (χ4n) is 0.888. The van der Waals surface area contributed by atoms with Crippen LogP contribution in [0.4, 0.5) is 0 Å². The smallest absolute Gasteiger partial charge is 0.158 e. The average molecular weight is 189 g/mol. The zero-order chi connectivity index (χ0) is 9.30. The Balaban J connectivity index is 3.23. The van der Waals surface area contributed by atoms with Gasteiger partial charge in [-0.2, -0.15) is 0 Å². The van der Waals surface area contributed by atoms with Crippen LogP contribution < -0.4 is 0 Å². The Kier molecular flexibility index (Phi) is 2.45. The highest BCUT2D eigenvalue weighted by molar-refractivity contribution is 6.31. The van der Waals surface area contributed by atoms with Gasteiger partial charge in [0.05, 0.1) is 11.1 Å². The van der Waals surface area contributed by atoms with E-state index in [1.54, 1.807) is 0 Å². The molecule has 0 fully saturated rings. The van der Waals surface area contributed by atoms with Gasteiger partial charge >= 0.3 is 0 Å². The maximum atomic E-state index is 9.14. The number of rotatable bonds is 1. The summed E-state index contributed by atoms with van der Waals surface area (Å²) < 4.78 is 0. The normalized spacial score (nSPS) is 12.9. The number of hydrogen-bond acceptors (Lipinski definition) is 3. The molecule has 1 rings (SSSR count). The molecular formula is C8H9ClO3. The first-order valence-corrected chi connectivity index (χ1v) is 3.79. The lowest BCUT2D eigenvalue weighted by molar-refractivity contribution is 0.199. The van der Waals surface area contributed by atoms with Gasteiger partial charge in [0.15, 0.2) is 11.5 Å². The Morgan fingerprint density at radius 3 is 2.25 bits per heavy atom. The lowest BCUT2D eigenvalue weighted by Crippen LogP contribution is -1.91. The zero-order valence-electron chi connectivity index (χ0n) is 6.45. The van der Waals surface area contributed by atoms with Crippen LogP contribution in [0.25, 0.3) is 0 Å². The van der Waals surface area contributed by atoms with E-state index in [1.807, 2.05) is 0 Å². The third-order valence-electron chi connectivity index (χ3n) is 1.54. The topological polar surface area (TPSA) is 60.7 Å². The molecule has 1 unspecified atom stereocenters. The van der Waals surface area contributed by atoms with Gasteiger partial charge in [0.25, 0.3) is 0 Å². The minimum Gasteiger partial charge on any atom is -0.504 e. The molecule has 0 aliphatic heterocycles. The highest BCUT2D eigenvalue weighted by Crippen LogP contribution is 2.33. The van der Waals surface area contributed by atoms with Crippen molar-refractivity contribution in [3.8, 4) is 11.5 Å². The number of benzene rings is 1. The van der Waals surface area contributed by atoms with Crippen molar-refractivity contribution >= 4 is 11.6 Å². The number of aromatic hydroxyl groups is 2. The summed E-state index contributed by atoms with van der Waals surface area (Å²) in [6, 6.07) is 2.43. The molecule has 0 saturated heterocycles. The van der Waals surface area contributed by atoms with Crippen LogP contribution in [0.15, 0.2) is 12.1 Å². The summed E-state index contributed by atoms with van der Waals surface area (Å²) in [4.78, 5) is 0. The van der Waals surface area contributed by atoms with Crippen molar-refractivity contribution in [1.29, 1.82) is 0 Å². The van der Waals surface area contributed by atoms with Crippen molar-refractivity contribution in [3.05, 3.63) is 22.7 Å². The van der Waals surface area contributed by atoms with E-state index in [0.717, 1.165) is 0 Å². The van der Waals surface area contributed by atoms with Crippen molar-refractivity contribution in [2.75, 3.05) is 0 Å². The molecule has 4 heteroatoms. The SMILES string of the molecule is CC(O)c1cc(O)c(O)cc1Cl. The first kappa shape index (κ1) is 9.16. The first-order chi connectivity index (χ1) is 5.52. The fourth-order valence-corrected chi connectivity index (χ4v) is 1.20. The summed E-state index contributed by atoms with van der Waals surface area (Å²) >= 11 is 5.67. The largest absolute Gasteiger partial charge is 0.504 e. The quantitative estimate of drug-likeness (QED) is 0.589. The maximum absolute atomic E-state index is 9.14. The van der Waals surface area contributed by atoms with Crippen LogP contribution in [0.3, 0.4) is 0 Å². The predicted molar refractivity (Wildman–Crippen MR) is 45.4 cm³/mol. The number of halogens is 1. The lowest BCUT2D eigenvalue weighted by atomic mass is 10.1. The third kappa shape index (κ3) is 1.62. The molecular weight excluding hydrogens is 180 g/mol. The summed E-state index contributed by atoms with van der Waals surface area (Å²) in [6.07, 6.45) is -0.760. The molecule has 0 aromatic heterocycles. The second-order valence-corrected chi connectivity index (χ2v) is 2.95. The first-order valence-electron chi connectivity index (χ1n) is 3.42. The van der Waals surface area contributed by atoms with Crippen LogP contribution in [-0.2, 0) is 0 Å². The predicted octanol–water partition coefficient (Wildman–Crippen LogP) is 1.80. The van der Waals surface area contributed by atoms with E-state index in [1.165, 1.54) is 19.1 Å². The molecule has 66 valence electrons. The standard InChI is InChI=1S/C8H9ClO3/c1-4(10)5-2-7(11)8(12)3-6(5)9/h2-4,10-12H,1H3. The minimum atomic E-state index is -0.760. The van der Waals surface area contributed by atoms with Gasteiger partial charge in [0, 0.05) is 11.6 Å². The summed E-state index contributed by atoms with van der Waals surface area (Å²) in [5, 5.41) is 27.4. The number of aliphatic hydroxyl groups is 1. The molecule has 0 heterocycles. The Bertz CT molecular complexity index is 297. The van der Waals surface area contributed by atoms with Crippen molar-refractivity contribution in [2.24, 2.45) is 0 Å². The Morgan fingerprint density at radius 1 is 1.25 bits per heavy atom. The maximum Gasteiger partial charge on any atom is 0.158 e. The van der Waals surface area contributed by atoms with Gasteiger partial charge in [0.2, 0.25) is 0 Å². The van der Waals surface area contributed by atoms with Crippen molar-refractivity contribution in [3.63, 3.8) is 0 Å². The van der Waals surface area contributed by atoms with Crippen LogP contribution in [0, 0.1) is 0 Å². The van der Waals surface area contributed by atoms with E-state index in [9.17, 15) is 0 Å². The molecule has 1 atom stereocenters. The van der Waals surface area contributed by atoms with Crippen LogP contribution in [-0.4, -0.2) is 15.3 Å². The van der Waals surface area contributed by atoms with Crippen molar-refractivity contribution < 1.29 is 15.3 Å². The highest BCUT2D eigenvalue weighted by Gasteiger charge is 2.10. The molecule has 3 N–H and O–H groups in total. The van der Waals surface area contributed by atoms with E-state index in [0.29, 0.717) is 5.56 Å². The van der Waals surface area contributed by atoms with Crippen LogP contribution in [0.2, 0.25) is 5.02 Å². The molecule has 0 spiro atoms. The number of phenols is 2. The minimum absolute atomic E-state index is 0.236. The number of hydrogen-bond donors (Lipinski definition) is 3. The van der Waals surface area contributed by atoms with Gasteiger partial charge in [-0.05, 0) is 13.0 Å². The summed E-state index contributed by atoms with van der Waals surface area (Å²) in [5.74, 6) is -0.570. The van der Waals surface area contributed by atoms with Gasteiger partial charge in [-0.25, -0.2) is 0 Å². The summed E-state index contributed by atoms with van der Waals surface area (Å²) in [7, 11) is 0. The monoisotopic (exact) mass is 188 g/mol. The molecule has 12 heavy (non-hydrogen) atoms. The van der Waals surface area contributed by atoms with E-state index in [-0.39, 0.29) is 16.5 Å². The molecule has 0 amide bonds.